The Balaban J connectivity index is 0.000000362. The maximum Gasteiger partial charge on any atom is 0.328 e. The molecule has 0 bridgehead atoms. The number of aliphatic hydroxyl groups excluding tert-OH is 2. The minimum absolute atomic E-state index is 0.0654. The first kappa shape index (κ1) is 17.4. The molecule has 0 amide bonds. The van der Waals surface area contributed by atoms with Gasteiger partial charge < -0.3 is 25.7 Å². The molecule has 1 heterocycles. The minimum Gasteiger partial charge on any atom is -0.478 e. The summed E-state index contributed by atoms with van der Waals surface area (Å²) in [7, 11) is 0. The SMILES string of the molecule is O=C(O)C=CC(=O)O.O[C@H]1[C@H](O)CNC[C@@H]1C(F)F. The van der Waals surface area contributed by atoms with E-state index >= 15 is 0 Å². The van der Waals surface area contributed by atoms with Crippen LogP contribution in [0.3, 0.4) is 0 Å². The smallest absolute Gasteiger partial charge is 0.328 e. The van der Waals surface area contributed by atoms with E-state index in [4.69, 9.17) is 20.4 Å². The number of carboxylic acid groups (broad SMARTS) is 2. The molecule has 0 aromatic carbocycles. The number of carboxylic acids is 2. The lowest BCUT2D eigenvalue weighted by Crippen LogP contribution is -2.52. The van der Waals surface area contributed by atoms with Gasteiger partial charge in [0.25, 0.3) is 0 Å². The van der Waals surface area contributed by atoms with Gasteiger partial charge in [-0.05, 0) is 0 Å². The molecule has 1 fully saturated rings. The summed E-state index contributed by atoms with van der Waals surface area (Å²) < 4.78 is 24.1. The van der Waals surface area contributed by atoms with Crippen LogP contribution in [0.5, 0.6) is 0 Å². The summed E-state index contributed by atoms with van der Waals surface area (Å²) in [5.74, 6) is -3.65. The normalized spacial score (nSPS) is 26.9. The second kappa shape index (κ2) is 8.51. The molecule has 0 saturated carbocycles. The van der Waals surface area contributed by atoms with Crippen LogP contribution in [-0.2, 0) is 9.59 Å². The van der Waals surface area contributed by atoms with Crippen LogP contribution in [0, 0.1) is 5.92 Å². The van der Waals surface area contributed by atoms with Crippen molar-refractivity contribution in [1.82, 2.24) is 5.32 Å². The van der Waals surface area contributed by atoms with E-state index in [-0.39, 0.29) is 13.1 Å². The lowest BCUT2D eigenvalue weighted by Gasteiger charge is -2.31. The molecule has 0 aliphatic carbocycles. The fraction of sp³-hybridized carbons (Fsp3) is 0.600. The van der Waals surface area contributed by atoms with Gasteiger partial charge in [0.1, 0.15) is 0 Å². The second-order valence-corrected chi connectivity index (χ2v) is 3.72. The molecule has 19 heavy (non-hydrogen) atoms. The first-order valence-electron chi connectivity index (χ1n) is 5.24. The lowest BCUT2D eigenvalue weighted by atomic mass is 9.94. The molecule has 0 unspecified atom stereocenters. The largest absolute Gasteiger partial charge is 0.478 e. The van der Waals surface area contributed by atoms with Crippen molar-refractivity contribution in [3.8, 4) is 0 Å². The number of aliphatic carboxylic acids is 2. The maximum atomic E-state index is 12.0. The molecule has 7 nitrogen and oxygen atoms in total. The summed E-state index contributed by atoms with van der Waals surface area (Å²) in [6.07, 6.45) is -3.82. The fourth-order valence-corrected chi connectivity index (χ4v) is 1.31. The van der Waals surface area contributed by atoms with Crippen molar-refractivity contribution < 1.29 is 38.8 Å². The molecular formula is C10H15F2NO6. The average molecular weight is 283 g/mol. The Morgan fingerprint density at radius 2 is 1.58 bits per heavy atom. The van der Waals surface area contributed by atoms with Gasteiger partial charge in [-0.2, -0.15) is 0 Å². The first-order valence-corrected chi connectivity index (χ1v) is 5.24. The zero-order chi connectivity index (χ0) is 15.0. The predicted octanol–water partition coefficient (Wildman–Crippen LogP) is -1.10. The number of nitrogens with one attached hydrogen (secondary N) is 1. The number of β-amino-alcohol motifs (C(OH)–C–C–N with tert-alkyl or cyclic N) is 1. The number of aliphatic hydroxyl groups is 2. The van der Waals surface area contributed by atoms with Gasteiger partial charge in [-0.15, -0.1) is 0 Å². The van der Waals surface area contributed by atoms with Crippen LogP contribution in [0.2, 0.25) is 0 Å². The highest BCUT2D eigenvalue weighted by atomic mass is 19.3. The summed E-state index contributed by atoms with van der Waals surface area (Å²) in [5.41, 5.74) is 0. The third kappa shape index (κ3) is 7.44. The van der Waals surface area contributed by atoms with E-state index in [1.165, 1.54) is 0 Å². The van der Waals surface area contributed by atoms with Gasteiger partial charge in [0, 0.05) is 25.2 Å². The number of piperidine rings is 1. The van der Waals surface area contributed by atoms with Gasteiger partial charge in [-0.25, -0.2) is 18.4 Å². The number of hydrogen-bond donors (Lipinski definition) is 5. The van der Waals surface area contributed by atoms with E-state index in [2.05, 4.69) is 5.32 Å². The van der Waals surface area contributed by atoms with Gasteiger partial charge in [0.2, 0.25) is 6.43 Å². The van der Waals surface area contributed by atoms with Crippen LogP contribution < -0.4 is 5.32 Å². The first-order chi connectivity index (χ1) is 8.75. The monoisotopic (exact) mass is 283 g/mol. The molecule has 1 rings (SSSR count). The maximum absolute atomic E-state index is 12.0. The van der Waals surface area contributed by atoms with Crippen molar-refractivity contribution >= 4 is 11.9 Å². The summed E-state index contributed by atoms with van der Waals surface area (Å²) in [6.45, 7) is 0.250. The van der Waals surface area contributed by atoms with Crippen LogP contribution >= 0.6 is 0 Å². The van der Waals surface area contributed by atoms with E-state index in [9.17, 15) is 18.4 Å². The van der Waals surface area contributed by atoms with Crippen LogP contribution in [-0.4, -0.2) is 64.1 Å². The molecule has 1 aliphatic rings. The van der Waals surface area contributed by atoms with Gasteiger partial charge in [0.15, 0.2) is 0 Å². The third-order valence-corrected chi connectivity index (χ3v) is 2.26. The van der Waals surface area contributed by atoms with E-state index in [0.717, 1.165) is 0 Å². The molecule has 0 aromatic rings. The Labute approximate surface area is 107 Å². The van der Waals surface area contributed by atoms with Crippen molar-refractivity contribution in [3.05, 3.63) is 12.2 Å². The zero-order valence-electron chi connectivity index (χ0n) is 9.74. The second-order valence-electron chi connectivity index (χ2n) is 3.72. The van der Waals surface area contributed by atoms with Crippen molar-refractivity contribution in [2.45, 2.75) is 18.6 Å². The van der Waals surface area contributed by atoms with Crippen LogP contribution in [0.1, 0.15) is 0 Å². The van der Waals surface area contributed by atoms with Crippen molar-refractivity contribution in [1.29, 1.82) is 0 Å². The number of rotatable bonds is 3. The Bertz CT molecular complexity index is 320. The molecule has 9 heteroatoms. The Morgan fingerprint density at radius 3 is 1.89 bits per heavy atom. The van der Waals surface area contributed by atoms with Crippen LogP contribution in [0.15, 0.2) is 12.2 Å². The van der Waals surface area contributed by atoms with Gasteiger partial charge >= 0.3 is 11.9 Å². The fourth-order valence-electron chi connectivity index (χ4n) is 1.31. The highest BCUT2D eigenvalue weighted by molar-refractivity contribution is 5.89. The number of hydrogen-bond acceptors (Lipinski definition) is 5. The molecule has 5 N–H and O–H groups in total. The molecule has 0 aromatic heterocycles. The quantitative estimate of drug-likeness (QED) is 0.416. The zero-order valence-corrected chi connectivity index (χ0v) is 9.74. The standard InChI is InChI=1S/C6H11F2NO2.C4H4O4/c7-6(8)3-1-9-2-4(10)5(3)11;5-3(6)1-2-4(7)8/h3-6,9-11H,1-2H2;1-2H,(H,5,6)(H,7,8)/t3-,4+,5+;/m0./s1. The lowest BCUT2D eigenvalue weighted by molar-refractivity contribution is -0.134. The van der Waals surface area contributed by atoms with Gasteiger partial charge in [-0.1, -0.05) is 0 Å². The van der Waals surface area contributed by atoms with Crippen molar-refractivity contribution in [3.63, 3.8) is 0 Å². The summed E-state index contributed by atoms with van der Waals surface area (Å²) in [6, 6.07) is 0. The van der Waals surface area contributed by atoms with Crippen LogP contribution in [0.4, 0.5) is 8.78 Å². The molecule has 0 radical (unpaired) electrons. The van der Waals surface area contributed by atoms with Crippen LogP contribution in [0.25, 0.3) is 0 Å². The summed E-state index contributed by atoms with van der Waals surface area (Å²) in [4.78, 5) is 19.1. The topological polar surface area (TPSA) is 127 Å². The number of alkyl halides is 2. The highest BCUT2D eigenvalue weighted by Gasteiger charge is 2.36. The Hall–Kier alpha value is -1.58. The van der Waals surface area contributed by atoms with E-state index in [1.54, 1.807) is 0 Å². The Kier molecular flexibility index (Phi) is 7.80. The van der Waals surface area contributed by atoms with E-state index in [0.29, 0.717) is 12.2 Å². The summed E-state index contributed by atoms with van der Waals surface area (Å²) in [5, 5.41) is 36.2. The summed E-state index contributed by atoms with van der Waals surface area (Å²) >= 11 is 0. The van der Waals surface area contributed by atoms with E-state index < -0.39 is 36.5 Å². The molecule has 110 valence electrons. The van der Waals surface area contributed by atoms with Gasteiger partial charge in [0.05, 0.1) is 18.1 Å². The molecule has 1 saturated heterocycles. The van der Waals surface area contributed by atoms with Crippen molar-refractivity contribution in [2.75, 3.05) is 13.1 Å². The molecular weight excluding hydrogens is 268 g/mol. The van der Waals surface area contributed by atoms with E-state index in [1.807, 2.05) is 0 Å². The van der Waals surface area contributed by atoms with Gasteiger partial charge in [-0.3, -0.25) is 0 Å². The number of carbonyl (C=O) groups is 2. The number of halogens is 2. The third-order valence-electron chi connectivity index (χ3n) is 2.26. The molecule has 3 atom stereocenters. The average Bonchev–Trinajstić information content (AvgIpc) is 2.30. The highest BCUT2D eigenvalue weighted by Crippen LogP contribution is 2.18. The minimum atomic E-state index is -2.58. The van der Waals surface area contributed by atoms with Crippen molar-refractivity contribution in [2.24, 2.45) is 5.92 Å². The molecule has 0 spiro atoms. The molecule has 1 aliphatic heterocycles. The Morgan fingerprint density at radius 1 is 1.11 bits per heavy atom. The predicted molar refractivity (Wildman–Crippen MR) is 58.8 cm³/mol.